The van der Waals surface area contributed by atoms with Gasteiger partial charge in [0.25, 0.3) is 5.91 Å². The number of aromatic carboxylic acids is 1. The minimum atomic E-state index is -1.03. The quantitative estimate of drug-likeness (QED) is 0.905. The molecule has 0 aliphatic heterocycles. The number of carbonyl (C=O) groups is 2. The number of hydrogen-bond acceptors (Lipinski definition) is 2. The minimum Gasteiger partial charge on any atom is -0.478 e. The average Bonchev–Trinajstić information content (AvgIpc) is 3.18. The molecule has 102 valence electrons. The number of benzene rings is 1. The van der Waals surface area contributed by atoms with Crippen LogP contribution in [-0.4, -0.2) is 35.0 Å². The first-order chi connectivity index (χ1) is 9.01. The summed E-state index contributed by atoms with van der Waals surface area (Å²) in [6.07, 6.45) is 2.37. The molecule has 0 bridgehead atoms. The maximum atomic E-state index is 12.4. The average molecular weight is 326 g/mol. The molecule has 1 N–H and O–H groups in total. The Balaban J connectivity index is 2.23. The van der Waals surface area contributed by atoms with Crippen LogP contribution < -0.4 is 0 Å². The molecule has 5 heteroatoms. The van der Waals surface area contributed by atoms with Crippen molar-refractivity contribution in [1.29, 1.82) is 0 Å². The van der Waals surface area contributed by atoms with E-state index in [0.29, 0.717) is 22.5 Å². The minimum absolute atomic E-state index is 0.0989. The van der Waals surface area contributed by atoms with Crippen molar-refractivity contribution in [3.05, 3.63) is 33.8 Å². The lowest BCUT2D eigenvalue weighted by Crippen LogP contribution is -2.32. The summed E-state index contributed by atoms with van der Waals surface area (Å²) in [5, 5.41) is 9.02. The summed E-state index contributed by atoms with van der Waals surface area (Å²) in [7, 11) is 0. The summed E-state index contributed by atoms with van der Waals surface area (Å²) in [6, 6.07) is 4.60. The number of amides is 1. The van der Waals surface area contributed by atoms with E-state index in [1.165, 1.54) is 25.0 Å². The van der Waals surface area contributed by atoms with Crippen molar-refractivity contribution in [2.24, 2.45) is 5.92 Å². The van der Waals surface area contributed by atoms with E-state index >= 15 is 0 Å². The van der Waals surface area contributed by atoms with Crippen LogP contribution in [0.2, 0.25) is 0 Å². The summed E-state index contributed by atoms with van der Waals surface area (Å²) < 4.78 is 0.609. The summed E-state index contributed by atoms with van der Waals surface area (Å²) in [4.78, 5) is 25.2. The number of rotatable bonds is 5. The molecule has 4 nitrogen and oxygen atoms in total. The second-order valence-corrected chi connectivity index (χ2v) is 5.74. The Morgan fingerprint density at radius 2 is 1.95 bits per heavy atom. The molecule has 1 aliphatic rings. The van der Waals surface area contributed by atoms with Crippen molar-refractivity contribution >= 4 is 27.8 Å². The lowest BCUT2D eigenvalue weighted by Gasteiger charge is -2.21. The molecular formula is C14H16BrNO3. The van der Waals surface area contributed by atoms with Crippen LogP contribution in [0.1, 0.15) is 40.5 Å². The number of carboxylic acid groups (broad SMARTS) is 1. The fourth-order valence-corrected chi connectivity index (χ4v) is 2.48. The van der Waals surface area contributed by atoms with Crippen LogP contribution in [0.3, 0.4) is 0 Å². The monoisotopic (exact) mass is 325 g/mol. The topological polar surface area (TPSA) is 57.6 Å². The van der Waals surface area contributed by atoms with Gasteiger partial charge in [-0.3, -0.25) is 4.79 Å². The van der Waals surface area contributed by atoms with Crippen molar-refractivity contribution in [2.45, 2.75) is 19.8 Å². The van der Waals surface area contributed by atoms with E-state index in [2.05, 4.69) is 15.9 Å². The molecule has 1 fully saturated rings. The molecule has 0 radical (unpaired) electrons. The standard InChI is InChI=1S/C14H16BrNO3/c1-2-16(8-9-3-4-9)13(17)10-5-11(14(18)19)7-12(15)6-10/h5-7,9H,2-4,8H2,1H3,(H,18,19). The summed E-state index contributed by atoms with van der Waals surface area (Å²) in [6.45, 7) is 3.35. The summed E-state index contributed by atoms with van der Waals surface area (Å²) in [5.74, 6) is -0.506. The van der Waals surface area contributed by atoms with E-state index < -0.39 is 5.97 Å². The molecule has 0 aromatic heterocycles. The molecule has 2 rings (SSSR count). The first-order valence-electron chi connectivity index (χ1n) is 6.34. The molecule has 19 heavy (non-hydrogen) atoms. The number of carbonyl (C=O) groups excluding carboxylic acids is 1. The van der Waals surface area contributed by atoms with Gasteiger partial charge >= 0.3 is 5.97 Å². The molecule has 1 amide bonds. The van der Waals surface area contributed by atoms with Crippen molar-refractivity contribution in [3.8, 4) is 0 Å². The zero-order chi connectivity index (χ0) is 14.0. The number of hydrogen-bond donors (Lipinski definition) is 1. The fraction of sp³-hybridized carbons (Fsp3) is 0.429. The number of halogens is 1. The molecule has 1 saturated carbocycles. The zero-order valence-electron chi connectivity index (χ0n) is 10.7. The van der Waals surface area contributed by atoms with Crippen LogP contribution in [0.4, 0.5) is 0 Å². The van der Waals surface area contributed by atoms with Gasteiger partial charge in [0.15, 0.2) is 0 Å². The van der Waals surface area contributed by atoms with Crippen LogP contribution >= 0.6 is 15.9 Å². The lowest BCUT2D eigenvalue weighted by atomic mass is 10.1. The van der Waals surface area contributed by atoms with Gasteiger partial charge in [0.1, 0.15) is 0 Å². The van der Waals surface area contributed by atoms with Crippen molar-refractivity contribution in [1.82, 2.24) is 4.90 Å². The molecule has 1 aromatic rings. The molecular weight excluding hydrogens is 310 g/mol. The highest BCUT2D eigenvalue weighted by atomic mass is 79.9. The molecule has 0 heterocycles. The first-order valence-corrected chi connectivity index (χ1v) is 7.13. The normalized spacial score (nSPS) is 14.2. The Hall–Kier alpha value is -1.36. The largest absolute Gasteiger partial charge is 0.478 e. The Labute approximate surface area is 120 Å². The third kappa shape index (κ3) is 3.56. The lowest BCUT2D eigenvalue weighted by molar-refractivity contribution is 0.0697. The van der Waals surface area contributed by atoms with E-state index in [-0.39, 0.29) is 11.5 Å². The van der Waals surface area contributed by atoms with Gasteiger partial charge in [0, 0.05) is 23.1 Å². The van der Waals surface area contributed by atoms with E-state index in [0.717, 1.165) is 6.54 Å². The van der Waals surface area contributed by atoms with Crippen molar-refractivity contribution in [3.63, 3.8) is 0 Å². The number of carboxylic acids is 1. The second-order valence-electron chi connectivity index (χ2n) is 4.82. The van der Waals surface area contributed by atoms with Gasteiger partial charge in [0.2, 0.25) is 0 Å². The van der Waals surface area contributed by atoms with Crippen LogP contribution in [0.5, 0.6) is 0 Å². The second kappa shape index (κ2) is 5.74. The van der Waals surface area contributed by atoms with Crippen LogP contribution in [0, 0.1) is 5.92 Å². The Kier molecular flexibility index (Phi) is 4.24. The predicted octanol–water partition coefficient (Wildman–Crippen LogP) is 3.02. The van der Waals surface area contributed by atoms with Gasteiger partial charge in [-0.25, -0.2) is 4.79 Å². The van der Waals surface area contributed by atoms with Gasteiger partial charge in [0.05, 0.1) is 5.56 Å². The number of nitrogens with zero attached hydrogens (tertiary/aromatic N) is 1. The van der Waals surface area contributed by atoms with Gasteiger partial charge in [-0.2, -0.15) is 0 Å². The smallest absolute Gasteiger partial charge is 0.335 e. The Morgan fingerprint density at radius 1 is 1.32 bits per heavy atom. The van der Waals surface area contributed by atoms with Crippen LogP contribution in [0.25, 0.3) is 0 Å². The third-order valence-corrected chi connectivity index (χ3v) is 3.69. The van der Waals surface area contributed by atoms with Crippen LogP contribution in [-0.2, 0) is 0 Å². The maximum Gasteiger partial charge on any atom is 0.335 e. The molecule has 0 spiro atoms. The Bertz CT molecular complexity index is 511. The van der Waals surface area contributed by atoms with Gasteiger partial charge < -0.3 is 10.0 Å². The fourth-order valence-electron chi connectivity index (χ4n) is 1.99. The SMILES string of the molecule is CCN(CC1CC1)C(=O)c1cc(Br)cc(C(=O)O)c1. The predicted molar refractivity (Wildman–Crippen MR) is 75.4 cm³/mol. The van der Waals surface area contributed by atoms with Gasteiger partial charge in [-0.1, -0.05) is 15.9 Å². The highest BCUT2D eigenvalue weighted by Crippen LogP contribution is 2.30. The summed E-state index contributed by atoms with van der Waals surface area (Å²) in [5.41, 5.74) is 0.550. The molecule has 0 unspecified atom stereocenters. The Morgan fingerprint density at radius 3 is 2.47 bits per heavy atom. The van der Waals surface area contributed by atoms with E-state index in [9.17, 15) is 9.59 Å². The highest BCUT2D eigenvalue weighted by molar-refractivity contribution is 9.10. The van der Waals surface area contributed by atoms with Crippen molar-refractivity contribution in [2.75, 3.05) is 13.1 Å². The zero-order valence-corrected chi connectivity index (χ0v) is 12.3. The van der Waals surface area contributed by atoms with Crippen molar-refractivity contribution < 1.29 is 14.7 Å². The molecule has 1 aliphatic carbocycles. The maximum absolute atomic E-state index is 12.4. The summed E-state index contributed by atoms with van der Waals surface area (Å²) >= 11 is 3.25. The molecule has 1 aromatic carbocycles. The highest BCUT2D eigenvalue weighted by Gasteiger charge is 2.26. The first kappa shape index (κ1) is 14.1. The van der Waals surface area contributed by atoms with Crippen LogP contribution in [0.15, 0.2) is 22.7 Å². The molecule has 0 saturated heterocycles. The van der Waals surface area contributed by atoms with E-state index in [1.807, 2.05) is 6.92 Å². The third-order valence-electron chi connectivity index (χ3n) is 3.24. The van der Waals surface area contributed by atoms with E-state index in [4.69, 9.17) is 5.11 Å². The van der Waals surface area contributed by atoms with E-state index in [1.54, 1.807) is 11.0 Å². The van der Waals surface area contributed by atoms with Gasteiger partial charge in [-0.05, 0) is 43.9 Å². The van der Waals surface area contributed by atoms with Gasteiger partial charge in [-0.15, -0.1) is 0 Å². The molecule has 0 atom stereocenters.